The van der Waals surface area contributed by atoms with E-state index in [2.05, 4.69) is 13.5 Å². The highest BCUT2D eigenvalue weighted by atomic mass is 31.1. The zero-order chi connectivity index (χ0) is 24.6. The molecular weight excluding hydrogens is 427 g/mol. The van der Waals surface area contributed by atoms with Gasteiger partial charge in [0.15, 0.2) is 0 Å². The van der Waals surface area contributed by atoms with Gasteiger partial charge in [-0.25, -0.2) is 4.79 Å². The smallest absolute Gasteiger partial charge is 0.330 e. The third-order valence-electron chi connectivity index (χ3n) is 5.30. The highest BCUT2D eigenvalue weighted by molar-refractivity contribution is 7.69. The van der Waals surface area contributed by atoms with Gasteiger partial charge in [-0.3, -0.25) is 4.79 Å². The van der Waals surface area contributed by atoms with E-state index in [1.165, 1.54) is 90.4 Å². The molecule has 0 aromatic heterocycles. The first kappa shape index (κ1) is 33.4. The molecule has 0 amide bonds. The van der Waals surface area contributed by atoms with E-state index in [-0.39, 0.29) is 5.57 Å². The summed E-state index contributed by atoms with van der Waals surface area (Å²) in [4.78, 5) is 30.7. The number of carbonyl (C=O) groups excluding carboxylic acids is 1. The van der Waals surface area contributed by atoms with E-state index in [1.54, 1.807) is 0 Å². The lowest BCUT2D eigenvalue weighted by Crippen LogP contribution is -2.23. The molecule has 0 aromatic rings. The van der Waals surface area contributed by atoms with Crippen LogP contribution in [-0.4, -0.2) is 50.6 Å². The standard InChI is InChI=1S/C21H43O4P.C4H6O2/c1-2-3-4-5-6-7-8-9-10-11-12-13-14-15-16-17-18-26(25)21(24)20(23)19-22;1-3(2)4(5)6/h20,22-23,25H,2-19H2,1H3;1H2,2H3,(H,5,6). The minimum atomic E-state index is -1.78. The van der Waals surface area contributed by atoms with Crippen molar-refractivity contribution < 1.29 is 29.8 Å². The number of carbonyl (C=O) groups is 2. The first-order valence-electron chi connectivity index (χ1n) is 12.5. The van der Waals surface area contributed by atoms with Gasteiger partial charge in [-0.05, 0) is 19.5 Å². The van der Waals surface area contributed by atoms with Gasteiger partial charge in [0.05, 0.1) is 14.8 Å². The van der Waals surface area contributed by atoms with Crippen LogP contribution in [-0.2, 0) is 9.59 Å². The fraction of sp³-hybridized carbons (Fsp3) is 0.840. The van der Waals surface area contributed by atoms with Crippen molar-refractivity contribution >= 4 is 19.6 Å². The number of rotatable bonds is 21. The highest BCUT2D eigenvalue weighted by Gasteiger charge is 2.22. The molecule has 6 nitrogen and oxygen atoms in total. The second-order valence-corrected chi connectivity index (χ2v) is 10.2. The van der Waals surface area contributed by atoms with E-state index in [9.17, 15) is 19.6 Å². The molecule has 0 heterocycles. The minimum absolute atomic E-state index is 0.176. The summed E-state index contributed by atoms with van der Waals surface area (Å²) >= 11 is 0. The van der Waals surface area contributed by atoms with Gasteiger partial charge in [-0.1, -0.05) is 110 Å². The second kappa shape index (κ2) is 24.8. The molecule has 2 unspecified atom stereocenters. The Balaban J connectivity index is 0. The predicted octanol–water partition coefficient (Wildman–Crippen LogP) is 6.16. The molecular formula is C25H49O6P. The van der Waals surface area contributed by atoms with Gasteiger partial charge in [0.25, 0.3) is 0 Å². The van der Waals surface area contributed by atoms with Gasteiger partial charge >= 0.3 is 5.97 Å². The van der Waals surface area contributed by atoms with Gasteiger partial charge in [0, 0.05) is 5.57 Å². The van der Waals surface area contributed by atoms with E-state index in [1.807, 2.05) is 0 Å². The molecule has 0 aliphatic rings. The molecule has 0 aliphatic carbocycles. The molecule has 0 spiro atoms. The fourth-order valence-electron chi connectivity index (χ4n) is 3.17. The Morgan fingerprint density at radius 2 is 1.09 bits per heavy atom. The molecule has 2 atom stereocenters. The van der Waals surface area contributed by atoms with Crippen molar-refractivity contribution in [2.75, 3.05) is 12.8 Å². The number of carboxylic acids is 1. The van der Waals surface area contributed by atoms with Gasteiger partial charge in [0.2, 0.25) is 5.52 Å². The zero-order valence-corrected chi connectivity index (χ0v) is 21.5. The summed E-state index contributed by atoms with van der Waals surface area (Å²) in [6.45, 7) is 6.27. The van der Waals surface area contributed by atoms with Gasteiger partial charge < -0.3 is 20.2 Å². The van der Waals surface area contributed by atoms with Crippen molar-refractivity contribution in [2.24, 2.45) is 0 Å². The molecule has 0 radical (unpaired) electrons. The summed E-state index contributed by atoms with van der Waals surface area (Å²) in [6.07, 6.45) is 19.8. The molecule has 0 rings (SSSR count). The Bertz CT molecular complexity index is 457. The number of carboxylic acid groups (broad SMARTS) is 1. The van der Waals surface area contributed by atoms with E-state index in [0.29, 0.717) is 6.16 Å². The number of hydrogen-bond acceptors (Lipinski definition) is 5. The summed E-state index contributed by atoms with van der Waals surface area (Å²) in [6, 6.07) is 0. The van der Waals surface area contributed by atoms with E-state index in [0.717, 1.165) is 19.3 Å². The quantitative estimate of drug-likeness (QED) is 0.0895. The number of aliphatic hydroxyl groups is 2. The van der Waals surface area contributed by atoms with Crippen LogP contribution in [0.3, 0.4) is 0 Å². The highest BCUT2D eigenvalue weighted by Crippen LogP contribution is 2.33. The van der Waals surface area contributed by atoms with E-state index >= 15 is 0 Å². The van der Waals surface area contributed by atoms with Crippen LogP contribution in [0, 0.1) is 0 Å². The van der Waals surface area contributed by atoms with Crippen molar-refractivity contribution in [3.8, 4) is 0 Å². The lowest BCUT2D eigenvalue weighted by Gasteiger charge is -2.12. The Morgan fingerprint density at radius 3 is 1.38 bits per heavy atom. The van der Waals surface area contributed by atoms with Gasteiger partial charge in [-0.15, -0.1) is 0 Å². The molecule has 32 heavy (non-hydrogen) atoms. The second-order valence-electron chi connectivity index (χ2n) is 8.55. The summed E-state index contributed by atoms with van der Waals surface area (Å²) in [5, 5.41) is 25.8. The maximum absolute atomic E-state index is 11.4. The lowest BCUT2D eigenvalue weighted by molar-refractivity contribution is -0.132. The maximum Gasteiger partial charge on any atom is 0.330 e. The molecule has 0 aromatic carbocycles. The number of aliphatic carboxylic acids is 1. The van der Waals surface area contributed by atoms with Crippen LogP contribution < -0.4 is 0 Å². The topological polar surface area (TPSA) is 115 Å². The monoisotopic (exact) mass is 476 g/mol. The zero-order valence-electron chi connectivity index (χ0n) is 20.6. The van der Waals surface area contributed by atoms with Crippen LogP contribution in [0.5, 0.6) is 0 Å². The maximum atomic E-state index is 11.4. The van der Waals surface area contributed by atoms with Gasteiger partial charge in [-0.2, -0.15) is 0 Å². The average molecular weight is 477 g/mol. The van der Waals surface area contributed by atoms with Crippen molar-refractivity contribution in [3.63, 3.8) is 0 Å². The summed E-state index contributed by atoms with van der Waals surface area (Å²) < 4.78 is 0. The van der Waals surface area contributed by atoms with Gasteiger partial charge in [0.1, 0.15) is 6.10 Å². The van der Waals surface area contributed by atoms with E-state index in [4.69, 9.17) is 10.2 Å². The average Bonchev–Trinajstić information content (AvgIpc) is 2.77. The van der Waals surface area contributed by atoms with Crippen molar-refractivity contribution in [1.29, 1.82) is 0 Å². The molecule has 0 saturated carbocycles. The molecule has 7 heteroatoms. The first-order valence-corrected chi connectivity index (χ1v) is 13.9. The Morgan fingerprint density at radius 1 is 0.781 bits per heavy atom. The fourth-order valence-corrected chi connectivity index (χ4v) is 4.34. The van der Waals surface area contributed by atoms with Crippen molar-refractivity contribution in [1.82, 2.24) is 0 Å². The third kappa shape index (κ3) is 23.8. The van der Waals surface area contributed by atoms with Crippen LogP contribution in [0.25, 0.3) is 0 Å². The van der Waals surface area contributed by atoms with Crippen LogP contribution in [0.15, 0.2) is 12.2 Å². The van der Waals surface area contributed by atoms with Crippen LogP contribution in [0.2, 0.25) is 0 Å². The Labute approximate surface area is 197 Å². The van der Waals surface area contributed by atoms with Crippen molar-refractivity contribution in [2.45, 2.75) is 123 Å². The molecule has 4 N–H and O–H groups in total. The number of unbranched alkanes of at least 4 members (excludes halogenated alkanes) is 15. The number of hydrogen-bond donors (Lipinski definition) is 4. The number of aliphatic hydroxyl groups excluding tert-OH is 2. The van der Waals surface area contributed by atoms with Crippen molar-refractivity contribution in [3.05, 3.63) is 12.2 Å². The molecule has 0 saturated heterocycles. The summed E-state index contributed by atoms with van der Waals surface area (Å²) in [5.74, 6) is -0.935. The Hall–Kier alpha value is -0.810. The third-order valence-corrected chi connectivity index (χ3v) is 6.85. The van der Waals surface area contributed by atoms with Crippen LogP contribution >= 0.6 is 8.15 Å². The largest absolute Gasteiger partial charge is 0.478 e. The summed E-state index contributed by atoms with van der Waals surface area (Å²) in [5.41, 5.74) is -0.418. The van der Waals surface area contributed by atoms with Crippen LogP contribution in [0.4, 0.5) is 0 Å². The predicted molar refractivity (Wildman–Crippen MR) is 134 cm³/mol. The molecule has 0 fully saturated rings. The first-order chi connectivity index (χ1) is 15.3. The van der Waals surface area contributed by atoms with E-state index < -0.39 is 32.4 Å². The lowest BCUT2D eigenvalue weighted by atomic mass is 10.0. The Kier molecular flexibility index (Phi) is 25.9. The SMILES string of the molecule is C=C(C)C(=O)O.CCCCCCCCCCCCCCCCCCP(O)C(=O)C(O)CO. The normalized spacial score (nSPS) is 12.5. The minimum Gasteiger partial charge on any atom is -0.478 e. The molecule has 190 valence electrons. The summed E-state index contributed by atoms with van der Waals surface area (Å²) in [7, 11) is -1.78. The molecule has 0 aliphatic heterocycles. The molecule has 0 bridgehead atoms. The van der Waals surface area contributed by atoms with Crippen LogP contribution in [0.1, 0.15) is 117 Å².